The van der Waals surface area contributed by atoms with Crippen LogP contribution in [0.5, 0.6) is 0 Å². The Hall–Kier alpha value is -2.04. The van der Waals surface area contributed by atoms with Crippen molar-refractivity contribution >= 4 is 40.0 Å². The zero-order valence-corrected chi connectivity index (χ0v) is 14.8. The summed E-state index contributed by atoms with van der Waals surface area (Å²) in [6, 6.07) is 15.2. The van der Waals surface area contributed by atoms with Crippen LogP contribution in [0.3, 0.4) is 0 Å². The van der Waals surface area contributed by atoms with Crippen LogP contribution < -0.4 is 0 Å². The first-order chi connectivity index (χ1) is 11.5. The molecule has 3 aromatic rings. The van der Waals surface area contributed by atoms with Crippen LogP contribution in [0.15, 0.2) is 48.5 Å². The molecule has 4 nitrogen and oxygen atoms in total. The number of aryl methyl sites for hydroxylation is 1. The largest absolute Gasteiger partial charge is 0.341 e. The van der Waals surface area contributed by atoms with Crippen LogP contribution in [-0.4, -0.2) is 27.6 Å². The fraction of sp³-hybridized carbons (Fsp3) is 0.222. The molecule has 0 aliphatic rings. The first-order valence-corrected chi connectivity index (χ1v) is 8.39. The van der Waals surface area contributed by atoms with E-state index in [1.165, 1.54) is 0 Å². The van der Waals surface area contributed by atoms with Crippen LogP contribution >= 0.6 is 23.2 Å². The molecule has 0 unspecified atom stereocenters. The third kappa shape index (κ3) is 3.71. The van der Waals surface area contributed by atoms with Crippen LogP contribution in [0.2, 0.25) is 10.2 Å². The maximum atomic E-state index is 12.4. The van der Waals surface area contributed by atoms with E-state index in [4.69, 9.17) is 23.2 Å². The number of benzene rings is 2. The Kier molecular flexibility index (Phi) is 5.07. The van der Waals surface area contributed by atoms with E-state index < -0.39 is 0 Å². The average Bonchev–Trinajstić information content (AvgIpc) is 2.91. The van der Waals surface area contributed by atoms with Crippen molar-refractivity contribution < 1.29 is 4.79 Å². The van der Waals surface area contributed by atoms with Crippen molar-refractivity contribution in [3.05, 3.63) is 64.3 Å². The summed E-state index contributed by atoms with van der Waals surface area (Å²) < 4.78 is 1.78. The molecule has 0 aliphatic heterocycles. The van der Waals surface area contributed by atoms with Crippen molar-refractivity contribution in [2.24, 2.45) is 0 Å². The minimum absolute atomic E-state index is 0.0562. The SMILES string of the molecule is CN(Cc1ccc(Cl)cc1)C(=O)CCn1nc(Cl)c2ccccc21. The van der Waals surface area contributed by atoms with Gasteiger partial charge in [-0.3, -0.25) is 9.48 Å². The van der Waals surface area contributed by atoms with Gasteiger partial charge < -0.3 is 4.90 Å². The summed E-state index contributed by atoms with van der Waals surface area (Å²) in [5.41, 5.74) is 1.98. The third-order valence-electron chi connectivity index (χ3n) is 3.91. The van der Waals surface area contributed by atoms with Crippen molar-refractivity contribution in [3.8, 4) is 0 Å². The van der Waals surface area contributed by atoms with Crippen molar-refractivity contribution in [1.82, 2.24) is 14.7 Å². The molecule has 0 saturated carbocycles. The second-order valence-corrected chi connectivity index (χ2v) is 6.45. The van der Waals surface area contributed by atoms with Crippen LogP contribution in [0, 0.1) is 0 Å². The first kappa shape index (κ1) is 16.8. The van der Waals surface area contributed by atoms with E-state index in [1.54, 1.807) is 16.6 Å². The molecule has 0 spiro atoms. The molecule has 3 rings (SSSR count). The van der Waals surface area contributed by atoms with Crippen LogP contribution in [-0.2, 0) is 17.9 Å². The Morgan fingerprint density at radius 2 is 1.83 bits per heavy atom. The second kappa shape index (κ2) is 7.24. The molecule has 0 N–H and O–H groups in total. The Morgan fingerprint density at radius 3 is 2.58 bits per heavy atom. The van der Waals surface area contributed by atoms with Crippen LogP contribution in [0.4, 0.5) is 0 Å². The minimum Gasteiger partial charge on any atom is -0.341 e. The highest BCUT2D eigenvalue weighted by Crippen LogP contribution is 2.22. The van der Waals surface area contributed by atoms with E-state index in [2.05, 4.69) is 5.10 Å². The Bertz CT molecular complexity index is 858. The number of nitrogens with zero attached hydrogens (tertiary/aromatic N) is 3. The Morgan fingerprint density at radius 1 is 1.12 bits per heavy atom. The molecule has 1 aromatic heterocycles. The summed E-state index contributed by atoms with van der Waals surface area (Å²) >= 11 is 12.0. The highest BCUT2D eigenvalue weighted by atomic mass is 35.5. The molecule has 0 fully saturated rings. The van der Waals surface area contributed by atoms with Gasteiger partial charge in [0, 0.05) is 30.4 Å². The number of carbonyl (C=O) groups is 1. The fourth-order valence-electron chi connectivity index (χ4n) is 2.60. The number of hydrogen-bond donors (Lipinski definition) is 0. The number of para-hydroxylation sites is 1. The molecule has 124 valence electrons. The van der Waals surface area contributed by atoms with Gasteiger partial charge in [0.1, 0.15) is 0 Å². The average molecular weight is 362 g/mol. The van der Waals surface area contributed by atoms with E-state index in [1.807, 2.05) is 48.5 Å². The summed E-state index contributed by atoms with van der Waals surface area (Å²) in [6.07, 6.45) is 0.367. The predicted molar refractivity (Wildman–Crippen MR) is 97.3 cm³/mol. The molecule has 6 heteroatoms. The molecular weight excluding hydrogens is 345 g/mol. The second-order valence-electron chi connectivity index (χ2n) is 5.66. The van der Waals surface area contributed by atoms with Gasteiger partial charge in [-0.1, -0.05) is 47.5 Å². The minimum atomic E-state index is 0.0562. The number of amides is 1. The summed E-state index contributed by atoms with van der Waals surface area (Å²) in [4.78, 5) is 14.1. The fourth-order valence-corrected chi connectivity index (χ4v) is 2.98. The molecule has 0 aliphatic carbocycles. The topological polar surface area (TPSA) is 38.1 Å². The van der Waals surface area contributed by atoms with Gasteiger partial charge in [-0.15, -0.1) is 0 Å². The molecule has 1 amide bonds. The highest BCUT2D eigenvalue weighted by Gasteiger charge is 2.12. The van der Waals surface area contributed by atoms with Crippen LogP contribution in [0.1, 0.15) is 12.0 Å². The van der Waals surface area contributed by atoms with Gasteiger partial charge in [-0.05, 0) is 29.8 Å². The molecule has 2 aromatic carbocycles. The zero-order chi connectivity index (χ0) is 17.1. The number of rotatable bonds is 5. The molecule has 1 heterocycles. The van der Waals surface area contributed by atoms with E-state index >= 15 is 0 Å². The smallest absolute Gasteiger partial charge is 0.224 e. The third-order valence-corrected chi connectivity index (χ3v) is 4.44. The van der Waals surface area contributed by atoms with Gasteiger partial charge in [0.15, 0.2) is 5.15 Å². The van der Waals surface area contributed by atoms with E-state index in [9.17, 15) is 4.79 Å². The lowest BCUT2D eigenvalue weighted by Gasteiger charge is -2.17. The lowest BCUT2D eigenvalue weighted by Crippen LogP contribution is -2.27. The van der Waals surface area contributed by atoms with E-state index in [0.717, 1.165) is 16.5 Å². The number of halogens is 2. The number of fused-ring (bicyclic) bond motifs is 1. The summed E-state index contributed by atoms with van der Waals surface area (Å²) in [6.45, 7) is 1.05. The van der Waals surface area contributed by atoms with Crippen LogP contribution in [0.25, 0.3) is 10.9 Å². The summed E-state index contributed by atoms with van der Waals surface area (Å²) in [7, 11) is 1.80. The number of carbonyl (C=O) groups excluding carboxylic acids is 1. The quantitative estimate of drug-likeness (QED) is 0.675. The Balaban J connectivity index is 1.63. The lowest BCUT2D eigenvalue weighted by molar-refractivity contribution is -0.130. The van der Waals surface area contributed by atoms with Gasteiger partial charge in [0.2, 0.25) is 5.91 Å². The molecule has 0 saturated heterocycles. The summed E-state index contributed by atoms with van der Waals surface area (Å²) in [5, 5.41) is 6.37. The standard InChI is InChI=1S/C18H17Cl2N3O/c1-22(12-13-6-8-14(19)9-7-13)17(24)10-11-23-16-5-3-2-4-15(16)18(20)21-23/h2-9H,10-12H2,1H3. The molecule has 0 radical (unpaired) electrons. The van der Waals surface area contributed by atoms with E-state index in [-0.39, 0.29) is 5.91 Å². The van der Waals surface area contributed by atoms with Crippen molar-refractivity contribution in [1.29, 1.82) is 0 Å². The van der Waals surface area contributed by atoms with E-state index in [0.29, 0.717) is 29.7 Å². The van der Waals surface area contributed by atoms with Gasteiger partial charge >= 0.3 is 0 Å². The number of hydrogen-bond acceptors (Lipinski definition) is 2. The van der Waals surface area contributed by atoms with Gasteiger partial charge in [0.25, 0.3) is 0 Å². The van der Waals surface area contributed by atoms with Crippen molar-refractivity contribution in [2.75, 3.05) is 7.05 Å². The van der Waals surface area contributed by atoms with Crippen molar-refractivity contribution in [2.45, 2.75) is 19.5 Å². The number of aromatic nitrogens is 2. The molecular formula is C18H17Cl2N3O. The monoisotopic (exact) mass is 361 g/mol. The predicted octanol–water partition coefficient (Wildman–Crippen LogP) is 4.39. The normalized spacial score (nSPS) is 11.0. The van der Waals surface area contributed by atoms with Gasteiger partial charge in [-0.25, -0.2) is 0 Å². The van der Waals surface area contributed by atoms with Gasteiger partial charge in [0.05, 0.1) is 12.1 Å². The maximum absolute atomic E-state index is 12.4. The van der Waals surface area contributed by atoms with Crippen molar-refractivity contribution in [3.63, 3.8) is 0 Å². The maximum Gasteiger partial charge on any atom is 0.224 e. The zero-order valence-electron chi connectivity index (χ0n) is 13.2. The first-order valence-electron chi connectivity index (χ1n) is 7.64. The van der Waals surface area contributed by atoms with Gasteiger partial charge in [-0.2, -0.15) is 5.10 Å². The lowest BCUT2D eigenvalue weighted by atomic mass is 10.2. The summed E-state index contributed by atoms with van der Waals surface area (Å²) in [5.74, 6) is 0.0562. The highest BCUT2D eigenvalue weighted by molar-refractivity contribution is 6.34. The molecule has 0 atom stereocenters. The molecule has 0 bridgehead atoms. The Labute approximate surface area is 150 Å². The molecule has 24 heavy (non-hydrogen) atoms.